The Bertz CT molecular complexity index is 263. The normalized spacial score (nSPS) is 24.6. The number of hydrogen-bond acceptors (Lipinski definition) is 3. The first-order valence-corrected chi connectivity index (χ1v) is 8.03. The zero-order valence-corrected chi connectivity index (χ0v) is 12.6. The number of aliphatic hydroxyl groups is 1. The predicted octanol–water partition coefficient (Wildman–Crippen LogP) is 1.46. The molecule has 0 aliphatic carbocycles. The summed E-state index contributed by atoms with van der Waals surface area (Å²) >= 11 is 1.81. The quantitative estimate of drug-likeness (QED) is 0.506. The Balaban J connectivity index is 2.39. The minimum Gasteiger partial charge on any atom is -0.387 e. The summed E-state index contributed by atoms with van der Waals surface area (Å²) in [6.45, 7) is 8.75. The fourth-order valence-corrected chi connectivity index (χ4v) is 3.05. The molecule has 0 aromatic rings. The molecule has 1 fully saturated rings. The second-order valence-corrected chi connectivity index (χ2v) is 6.44. The highest BCUT2D eigenvalue weighted by Gasteiger charge is 2.31. The summed E-state index contributed by atoms with van der Waals surface area (Å²) in [6.07, 6.45) is 1.98. The van der Waals surface area contributed by atoms with Gasteiger partial charge < -0.3 is 15.7 Å². The van der Waals surface area contributed by atoms with Crippen LogP contribution < -0.4 is 10.6 Å². The van der Waals surface area contributed by atoms with E-state index in [1.807, 2.05) is 11.8 Å². The van der Waals surface area contributed by atoms with Crippen molar-refractivity contribution in [1.82, 2.24) is 10.6 Å². The fourth-order valence-electron chi connectivity index (χ4n) is 1.77. The molecule has 0 amide bonds. The summed E-state index contributed by atoms with van der Waals surface area (Å²) < 4.78 is 0. The summed E-state index contributed by atoms with van der Waals surface area (Å²) in [4.78, 5) is 4.50. The van der Waals surface area contributed by atoms with Crippen molar-refractivity contribution in [3.63, 3.8) is 0 Å². The van der Waals surface area contributed by atoms with Gasteiger partial charge in [-0.1, -0.05) is 13.8 Å². The van der Waals surface area contributed by atoms with E-state index in [-0.39, 0.29) is 0 Å². The molecule has 0 bridgehead atoms. The molecule has 1 aliphatic heterocycles. The average molecular weight is 273 g/mol. The van der Waals surface area contributed by atoms with Gasteiger partial charge >= 0.3 is 0 Å². The highest BCUT2D eigenvalue weighted by atomic mass is 32.2. The lowest BCUT2D eigenvalue weighted by molar-refractivity contribution is 0.0778. The van der Waals surface area contributed by atoms with Gasteiger partial charge in [0.25, 0.3) is 0 Å². The highest BCUT2D eigenvalue weighted by molar-refractivity contribution is 7.99. The molecular weight excluding hydrogens is 246 g/mol. The Labute approximate surface area is 115 Å². The SMILES string of the molecule is CCNC(=NCC1(O)CCSC1)NCCC(C)C. The lowest BCUT2D eigenvalue weighted by atomic mass is 10.1. The molecule has 1 unspecified atom stereocenters. The van der Waals surface area contributed by atoms with Gasteiger partial charge in [-0.15, -0.1) is 0 Å². The monoisotopic (exact) mass is 273 g/mol. The van der Waals surface area contributed by atoms with Crippen molar-refractivity contribution in [2.24, 2.45) is 10.9 Å². The van der Waals surface area contributed by atoms with E-state index >= 15 is 0 Å². The van der Waals surface area contributed by atoms with E-state index in [9.17, 15) is 5.11 Å². The molecule has 3 N–H and O–H groups in total. The van der Waals surface area contributed by atoms with Gasteiger partial charge in [0.2, 0.25) is 0 Å². The van der Waals surface area contributed by atoms with Crippen LogP contribution in [0.2, 0.25) is 0 Å². The van der Waals surface area contributed by atoms with Crippen LogP contribution in [0.4, 0.5) is 0 Å². The lowest BCUT2D eigenvalue weighted by Crippen LogP contribution is -2.40. The average Bonchev–Trinajstić information content (AvgIpc) is 2.73. The Morgan fingerprint density at radius 3 is 2.78 bits per heavy atom. The minimum atomic E-state index is -0.592. The van der Waals surface area contributed by atoms with Gasteiger partial charge in [-0.3, -0.25) is 4.99 Å². The predicted molar refractivity (Wildman–Crippen MR) is 80.3 cm³/mol. The Kier molecular flexibility index (Phi) is 6.86. The maximum atomic E-state index is 10.2. The van der Waals surface area contributed by atoms with Gasteiger partial charge in [0.1, 0.15) is 0 Å². The number of hydrogen-bond donors (Lipinski definition) is 3. The second-order valence-electron chi connectivity index (χ2n) is 5.33. The third kappa shape index (κ3) is 5.96. The van der Waals surface area contributed by atoms with E-state index in [0.29, 0.717) is 12.5 Å². The Morgan fingerprint density at radius 2 is 2.22 bits per heavy atom. The van der Waals surface area contributed by atoms with Crippen molar-refractivity contribution in [2.75, 3.05) is 31.1 Å². The fraction of sp³-hybridized carbons (Fsp3) is 0.923. The molecule has 0 saturated carbocycles. The molecule has 18 heavy (non-hydrogen) atoms. The van der Waals surface area contributed by atoms with Crippen molar-refractivity contribution in [2.45, 2.75) is 39.2 Å². The van der Waals surface area contributed by atoms with Crippen LogP contribution in [-0.2, 0) is 0 Å². The number of rotatable bonds is 6. The maximum Gasteiger partial charge on any atom is 0.191 e. The maximum absolute atomic E-state index is 10.2. The first-order valence-electron chi connectivity index (χ1n) is 6.88. The number of aliphatic imine (C=N–C) groups is 1. The van der Waals surface area contributed by atoms with E-state index in [2.05, 4.69) is 36.4 Å². The zero-order chi connectivity index (χ0) is 13.4. The molecular formula is C13H27N3OS. The van der Waals surface area contributed by atoms with Gasteiger partial charge in [-0.25, -0.2) is 0 Å². The van der Waals surface area contributed by atoms with E-state index in [4.69, 9.17) is 0 Å². The van der Waals surface area contributed by atoms with Crippen molar-refractivity contribution in [3.05, 3.63) is 0 Å². The molecule has 0 aromatic carbocycles. The minimum absolute atomic E-state index is 0.497. The molecule has 4 nitrogen and oxygen atoms in total. The molecule has 1 atom stereocenters. The summed E-state index contributed by atoms with van der Waals surface area (Å²) in [5, 5.41) is 16.8. The number of guanidine groups is 1. The van der Waals surface area contributed by atoms with E-state index in [1.165, 1.54) is 0 Å². The second kappa shape index (κ2) is 7.89. The van der Waals surface area contributed by atoms with Crippen molar-refractivity contribution < 1.29 is 5.11 Å². The van der Waals surface area contributed by atoms with Gasteiger partial charge in [0.05, 0.1) is 12.1 Å². The summed E-state index contributed by atoms with van der Waals surface area (Å²) in [5.74, 6) is 3.37. The van der Waals surface area contributed by atoms with Crippen molar-refractivity contribution in [1.29, 1.82) is 0 Å². The third-order valence-electron chi connectivity index (χ3n) is 2.97. The van der Waals surface area contributed by atoms with Gasteiger partial charge in [-0.05, 0) is 31.4 Å². The van der Waals surface area contributed by atoms with E-state index in [1.54, 1.807) is 0 Å². The molecule has 1 aliphatic rings. The van der Waals surface area contributed by atoms with Gasteiger partial charge in [0.15, 0.2) is 5.96 Å². The molecule has 106 valence electrons. The number of nitrogens with one attached hydrogen (secondary N) is 2. The molecule has 0 aromatic heterocycles. The molecule has 1 heterocycles. The molecule has 0 radical (unpaired) electrons. The van der Waals surface area contributed by atoms with Crippen LogP contribution in [0.15, 0.2) is 4.99 Å². The van der Waals surface area contributed by atoms with Crippen molar-refractivity contribution >= 4 is 17.7 Å². The summed E-state index contributed by atoms with van der Waals surface area (Å²) in [5.41, 5.74) is -0.592. The molecule has 5 heteroatoms. The number of nitrogens with zero attached hydrogens (tertiary/aromatic N) is 1. The largest absolute Gasteiger partial charge is 0.387 e. The van der Waals surface area contributed by atoms with Gasteiger partial charge in [0, 0.05) is 18.8 Å². The zero-order valence-electron chi connectivity index (χ0n) is 11.8. The molecule has 1 rings (SSSR count). The smallest absolute Gasteiger partial charge is 0.191 e. The lowest BCUT2D eigenvalue weighted by Gasteiger charge is -2.20. The van der Waals surface area contributed by atoms with Crippen LogP contribution in [0.5, 0.6) is 0 Å². The Morgan fingerprint density at radius 1 is 1.44 bits per heavy atom. The van der Waals surface area contributed by atoms with E-state index < -0.39 is 5.60 Å². The highest BCUT2D eigenvalue weighted by Crippen LogP contribution is 2.27. The van der Waals surface area contributed by atoms with Crippen LogP contribution in [0.25, 0.3) is 0 Å². The standard InChI is InChI=1S/C13H27N3OS/c1-4-14-12(15-7-5-11(2)3)16-9-13(17)6-8-18-10-13/h11,17H,4-10H2,1-3H3,(H2,14,15,16). The number of thioether (sulfide) groups is 1. The molecule has 1 saturated heterocycles. The third-order valence-corrected chi connectivity index (χ3v) is 4.21. The first-order chi connectivity index (χ1) is 8.56. The molecule has 0 spiro atoms. The Hall–Kier alpha value is -0.420. The topological polar surface area (TPSA) is 56.7 Å². The van der Waals surface area contributed by atoms with Crippen molar-refractivity contribution in [3.8, 4) is 0 Å². The van der Waals surface area contributed by atoms with Crippen LogP contribution in [0, 0.1) is 5.92 Å². The van der Waals surface area contributed by atoms with Crippen LogP contribution in [0.1, 0.15) is 33.6 Å². The van der Waals surface area contributed by atoms with Crippen LogP contribution in [-0.4, -0.2) is 47.8 Å². The van der Waals surface area contributed by atoms with Crippen LogP contribution in [0.3, 0.4) is 0 Å². The van der Waals surface area contributed by atoms with Gasteiger partial charge in [-0.2, -0.15) is 11.8 Å². The summed E-state index contributed by atoms with van der Waals surface area (Å²) in [7, 11) is 0. The first kappa shape index (κ1) is 15.6. The van der Waals surface area contributed by atoms with Crippen LogP contribution >= 0.6 is 11.8 Å². The summed E-state index contributed by atoms with van der Waals surface area (Å²) in [6, 6.07) is 0. The van der Waals surface area contributed by atoms with E-state index in [0.717, 1.165) is 43.4 Å².